The third-order valence-electron chi connectivity index (χ3n) is 5.42. The fourth-order valence-corrected chi connectivity index (χ4v) is 4.43. The van der Waals surface area contributed by atoms with E-state index in [1.54, 1.807) is 13.3 Å². The summed E-state index contributed by atoms with van der Waals surface area (Å²) in [5.41, 5.74) is 5.62. The molecule has 1 unspecified atom stereocenters. The third-order valence-corrected chi connectivity index (χ3v) is 6.04. The second kappa shape index (κ2) is 8.21. The Morgan fingerprint density at radius 1 is 1.07 bits per heavy atom. The molecule has 0 saturated heterocycles. The quantitative estimate of drug-likeness (QED) is 0.429. The lowest BCUT2D eigenvalue weighted by Gasteiger charge is -2.18. The first kappa shape index (κ1) is 19.4. The van der Waals surface area contributed by atoms with Crippen LogP contribution in [0.4, 0.5) is 0 Å². The number of rotatable bonds is 6. The monoisotopic (exact) mass is 448 g/mol. The van der Waals surface area contributed by atoms with Crippen molar-refractivity contribution in [2.75, 3.05) is 7.11 Å². The number of halogens is 1. The summed E-state index contributed by atoms with van der Waals surface area (Å²) in [7, 11) is 1.62. The highest BCUT2D eigenvalue weighted by Crippen LogP contribution is 2.58. The molecule has 29 heavy (non-hydrogen) atoms. The molecule has 0 bridgehead atoms. The van der Waals surface area contributed by atoms with Crippen LogP contribution in [0.25, 0.3) is 0 Å². The molecule has 0 spiro atoms. The summed E-state index contributed by atoms with van der Waals surface area (Å²) in [6, 6.07) is 26.1. The van der Waals surface area contributed by atoms with Crippen molar-refractivity contribution >= 4 is 28.1 Å². The van der Waals surface area contributed by atoms with E-state index in [4.69, 9.17) is 4.74 Å². The van der Waals surface area contributed by atoms with Crippen LogP contribution in [0.15, 0.2) is 88.4 Å². The zero-order chi connectivity index (χ0) is 20.3. The lowest BCUT2D eigenvalue weighted by molar-refractivity contribution is -0.122. The number of nitrogens with one attached hydrogen (secondary N) is 1. The molecule has 1 amide bonds. The van der Waals surface area contributed by atoms with Crippen LogP contribution in [0, 0.1) is 5.92 Å². The first-order valence-corrected chi connectivity index (χ1v) is 10.2. The molecule has 1 fully saturated rings. The van der Waals surface area contributed by atoms with E-state index >= 15 is 0 Å². The fraction of sp³-hybridized carbons (Fsp3) is 0.167. The summed E-state index contributed by atoms with van der Waals surface area (Å²) in [6.07, 6.45) is 2.41. The average molecular weight is 449 g/mol. The van der Waals surface area contributed by atoms with E-state index in [1.165, 1.54) is 0 Å². The zero-order valence-electron chi connectivity index (χ0n) is 16.0. The molecule has 1 saturated carbocycles. The summed E-state index contributed by atoms with van der Waals surface area (Å²) in [5, 5.41) is 4.17. The van der Waals surface area contributed by atoms with Gasteiger partial charge in [0.05, 0.1) is 23.7 Å². The summed E-state index contributed by atoms with van der Waals surface area (Å²) in [5.74, 6) is 0.535. The zero-order valence-corrected chi connectivity index (χ0v) is 17.6. The van der Waals surface area contributed by atoms with Crippen LogP contribution in [0.5, 0.6) is 5.75 Å². The van der Waals surface area contributed by atoms with Gasteiger partial charge < -0.3 is 4.74 Å². The van der Waals surface area contributed by atoms with Crippen molar-refractivity contribution in [3.63, 3.8) is 0 Å². The van der Waals surface area contributed by atoms with Crippen LogP contribution in [0.3, 0.4) is 0 Å². The van der Waals surface area contributed by atoms with Crippen LogP contribution in [-0.4, -0.2) is 19.2 Å². The van der Waals surface area contributed by atoms with E-state index in [1.807, 2.05) is 54.6 Å². The Morgan fingerprint density at radius 3 is 2.24 bits per heavy atom. The summed E-state index contributed by atoms with van der Waals surface area (Å²) in [6.45, 7) is 0. The van der Waals surface area contributed by atoms with Gasteiger partial charge in [0.2, 0.25) is 5.91 Å². The Balaban J connectivity index is 1.51. The fourth-order valence-electron chi connectivity index (χ4n) is 3.87. The number of methoxy groups -OCH3 is 1. The number of carbonyl (C=O) groups excluding carboxylic acids is 1. The van der Waals surface area contributed by atoms with Crippen molar-refractivity contribution < 1.29 is 9.53 Å². The standard InChI is InChI=1S/C24H21BrN2O2/c1-29-22-13-12-17(14-21(22)25)16-26-27-23(28)20-15-24(20,18-8-4-2-5-9-18)19-10-6-3-7-11-19/h2-14,16,20H,15H2,1H3,(H,27,28). The van der Waals surface area contributed by atoms with Crippen molar-refractivity contribution in [1.29, 1.82) is 0 Å². The molecule has 4 nitrogen and oxygen atoms in total. The number of hydrogen-bond donors (Lipinski definition) is 1. The van der Waals surface area contributed by atoms with E-state index in [-0.39, 0.29) is 17.2 Å². The van der Waals surface area contributed by atoms with E-state index in [0.717, 1.165) is 33.3 Å². The molecule has 1 atom stereocenters. The Morgan fingerprint density at radius 2 is 1.69 bits per heavy atom. The second-order valence-corrected chi connectivity index (χ2v) is 7.94. The number of carbonyl (C=O) groups is 1. The van der Waals surface area contributed by atoms with E-state index in [0.29, 0.717) is 0 Å². The molecule has 4 rings (SSSR count). The first-order chi connectivity index (χ1) is 14.1. The number of hydrogen-bond acceptors (Lipinski definition) is 3. The molecule has 3 aromatic carbocycles. The van der Waals surface area contributed by atoms with Gasteiger partial charge in [-0.15, -0.1) is 0 Å². The highest BCUT2D eigenvalue weighted by Gasteiger charge is 2.60. The highest BCUT2D eigenvalue weighted by atomic mass is 79.9. The molecule has 3 aromatic rings. The van der Waals surface area contributed by atoms with Crippen molar-refractivity contribution in [2.45, 2.75) is 11.8 Å². The van der Waals surface area contributed by atoms with E-state index in [9.17, 15) is 4.79 Å². The maximum Gasteiger partial charge on any atom is 0.244 e. The Labute approximate surface area is 178 Å². The van der Waals surface area contributed by atoms with Crippen molar-refractivity contribution in [3.05, 3.63) is 100 Å². The number of amides is 1. The lowest BCUT2D eigenvalue weighted by Crippen LogP contribution is -2.25. The second-order valence-electron chi connectivity index (χ2n) is 7.09. The minimum atomic E-state index is -0.286. The number of nitrogens with zero attached hydrogens (tertiary/aromatic N) is 1. The number of hydrazone groups is 1. The van der Waals surface area contributed by atoms with Gasteiger partial charge >= 0.3 is 0 Å². The summed E-state index contributed by atoms with van der Waals surface area (Å²) >= 11 is 3.45. The van der Waals surface area contributed by atoms with Gasteiger partial charge in [-0.2, -0.15) is 5.10 Å². The predicted octanol–water partition coefficient (Wildman–Crippen LogP) is 4.91. The molecule has 0 radical (unpaired) electrons. The van der Waals surface area contributed by atoms with Gasteiger partial charge in [0.1, 0.15) is 5.75 Å². The van der Waals surface area contributed by atoms with Gasteiger partial charge in [0.15, 0.2) is 0 Å². The van der Waals surface area contributed by atoms with Gasteiger partial charge in [-0.05, 0) is 57.2 Å². The molecule has 0 aliphatic heterocycles. The normalized spacial score (nSPS) is 17.1. The van der Waals surface area contributed by atoms with Gasteiger partial charge in [0.25, 0.3) is 0 Å². The summed E-state index contributed by atoms with van der Waals surface area (Å²) in [4.78, 5) is 12.9. The lowest BCUT2D eigenvalue weighted by atomic mass is 9.85. The van der Waals surface area contributed by atoms with Crippen LogP contribution >= 0.6 is 15.9 Å². The van der Waals surface area contributed by atoms with Crippen LogP contribution in [-0.2, 0) is 10.2 Å². The van der Waals surface area contributed by atoms with Crippen LogP contribution in [0.1, 0.15) is 23.1 Å². The average Bonchev–Trinajstić information content (AvgIpc) is 3.52. The molecule has 5 heteroatoms. The Kier molecular flexibility index (Phi) is 5.49. The first-order valence-electron chi connectivity index (χ1n) is 9.42. The minimum Gasteiger partial charge on any atom is -0.496 e. The SMILES string of the molecule is COc1ccc(C=NNC(=O)C2CC2(c2ccccc2)c2ccccc2)cc1Br. The predicted molar refractivity (Wildman–Crippen MR) is 118 cm³/mol. The molecule has 1 aliphatic carbocycles. The largest absolute Gasteiger partial charge is 0.496 e. The smallest absolute Gasteiger partial charge is 0.244 e. The Bertz CT molecular complexity index is 996. The van der Waals surface area contributed by atoms with Crippen LogP contribution < -0.4 is 10.2 Å². The molecule has 0 heterocycles. The van der Waals surface area contributed by atoms with Crippen molar-refractivity contribution in [2.24, 2.45) is 11.0 Å². The highest BCUT2D eigenvalue weighted by molar-refractivity contribution is 9.10. The molecule has 1 N–H and O–H groups in total. The van der Waals surface area contributed by atoms with Gasteiger partial charge in [-0.1, -0.05) is 60.7 Å². The van der Waals surface area contributed by atoms with Crippen molar-refractivity contribution in [1.82, 2.24) is 5.43 Å². The number of ether oxygens (including phenoxy) is 1. The molecule has 1 aliphatic rings. The Hall–Kier alpha value is -2.92. The van der Waals surface area contributed by atoms with E-state index in [2.05, 4.69) is 50.7 Å². The topological polar surface area (TPSA) is 50.7 Å². The molecular weight excluding hydrogens is 428 g/mol. The maximum atomic E-state index is 12.9. The van der Waals surface area contributed by atoms with Gasteiger partial charge in [-0.3, -0.25) is 4.79 Å². The third kappa shape index (κ3) is 3.83. The maximum absolute atomic E-state index is 12.9. The van der Waals surface area contributed by atoms with Gasteiger partial charge in [0, 0.05) is 5.41 Å². The summed E-state index contributed by atoms with van der Waals surface area (Å²) < 4.78 is 6.07. The molecular formula is C24H21BrN2O2. The molecule has 146 valence electrons. The van der Waals surface area contributed by atoms with Crippen LogP contribution in [0.2, 0.25) is 0 Å². The van der Waals surface area contributed by atoms with Crippen molar-refractivity contribution in [3.8, 4) is 5.75 Å². The van der Waals surface area contributed by atoms with Gasteiger partial charge in [-0.25, -0.2) is 5.43 Å². The minimum absolute atomic E-state index is 0.0680. The number of benzene rings is 3. The van der Waals surface area contributed by atoms with E-state index < -0.39 is 0 Å². The molecule has 0 aromatic heterocycles.